The van der Waals surface area contributed by atoms with E-state index in [2.05, 4.69) is 20.8 Å². The fourth-order valence-electron chi connectivity index (χ4n) is 1.19. The molecule has 0 aliphatic heterocycles. The van der Waals surface area contributed by atoms with Gasteiger partial charge in [-0.3, -0.25) is 4.79 Å². The van der Waals surface area contributed by atoms with Crippen molar-refractivity contribution in [1.29, 1.82) is 0 Å². The Morgan fingerprint density at radius 3 is 2.41 bits per heavy atom. The summed E-state index contributed by atoms with van der Waals surface area (Å²) in [6, 6.07) is 3.69. The summed E-state index contributed by atoms with van der Waals surface area (Å²) in [4.78, 5) is 23.6. The third kappa shape index (κ3) is 4.28. The van der Waals surface area contributed by atoms with Crippen LogP contribution in [0.15, 0.2) is 12.1 Å². The van der Waals surface area contributed by atoms with E-state index in [4.69, 9.17) is 9.84 Å². The molecular formula is C12H16O4S. The highest BCUT2D eigenvalue weighted by Crippen LogP contribution is 2.29. The van der Waals surface area contributed by atoms with Gasteiger partial charge in [0.1, 0.15) is 13.2 Å². The Bertz CT molecular complexity index is 414. The molecule has 0 radical (unpaired) electrons. The van der Waals surface area contributed by atoms with Gasteiger partial charge in [0, 0.05) is 4.88 Å². The maximum Gasteiger partial charge on any atom is 0.329 e. The van der Waals surface area contributed by atoms with Crippen molar-refractivity contribution in [2.75, 3.05) is 13.2 Å². The molecule has 0 saturated carbocycles. The molecule has 0 bridgehead atoms. The van der Waals surface area contributed by atoms with Gasteiger partial charge in [-0.05, 0) is 17.5 Å². The normalized spacial score (nSPS) is 11.5. The smallest absolute Gasteiger partial charge is 0.329 e. The Balaban J connectivity index is 2.58. The Labute approximate surface area is 104 Å². The van der Waals surface area contributed by atoms with Crippen molar-refractivity contribution in [3.8, 4) is 0 Å². The second-order valence-corrected chi connectivity index (χ2v) is 5.81. The van der Waals surface area contributed by atoms with E-state index in [9.17, 15) is 9.59 Å². The van der Waals surface area contributed by atoms with Crippen molar-refractivity contribution in [3.05, 3.63) is 21.9 Å². The molecule has 0 amide bonds. The number of ether oxygens (including phenoxy) is 1. The van der Waals surface area contributed by atoms with Crippen molar-refractivity contribution in [2.45, 2.75) is 26.2 Å². The van der Waals surface area contributed by atoms with E-state index in [1.807, 2.05) is 6.07 Å². The standard InChI is InChI=1S/C12H16O4S/c1-12(2,3)10-5-4-9(17-10)8(13)6-16-7-11(14)15/h4-5H,6-7H2,1-3H3,(H,14,15). The average Bonchev–Trinajstić information content (AvgIpc) is 2.64. The molecule has 0 aromatic carbocycles. The molecule has 1 heterocycles. The summed E-state index contributed by atoms with van der Waals surface area (Å²) in [6.07, 6.45) is 0. The first-order valence-corrected chi connectivity index (χ1v) is 6.05. The van der Waals surface area contributed by atoms with Crippen LogP contribution in [0.4, 0.5) is 0 Å². The molecule has 1 N–H and O–H groups in total. The molecule has 4 nitrogen and oxygen atoms in total. The summed E-state index contributed by atoms with van der Waals surface area (Å²) in [5, 5.41) is 8.37. The third-order valence-electron chi connectivity index (χ3n) is 2.08. The number of ketones is 1. The molecule has 17 heavy (non-hydrogen) atoms. The summed E-state index contributed by atoms with van der Waals surface area (Å²) < 4.78 is 4.76. The zero-order valence-corrected chi connectivity index (χ0v) is 11.0. The van der Waals surface area contributed by atoms with E-state index < -0.39 is 12.6 Å². The van der Waals surface area contributed by atoms with Crippen molar-refractivity contribution < 1.29 is 19.4 Å². The lowest BCUT2D eigenvalue weighted by Crippen LogP contribution is -2.13. The zero-order valence-electron chi connectivity index (χ0n) is 10.1. The van der Waals surface area contributed by atoms with Gasteiger partial charge >= 0.3 is 5.97 Å². The minimum absolute atomic E-state index is 0.0190. The number of rotatable bonds is 5. The lowest BCUT2D eigenvalue weighted by molar-refractivity contribution is -0.141. The molecule has 5 heteroatoms. The molecule has 0 unspecified atom stereocenters. The molecule has 0 fully saturated rings. The van der Waals surface area contributed by atoms with Gasteiger partial charge in [0.25, 0.3) is 0 Å². The fourth-order valence-corrected chi connectivity index (χ4v) is 2.18. The van der Waals surface area contributed by atoms with Gasteiger partial charge in [-0.1, -0.05) is 20.8 Å². The summed E-state index contributed by atoms with van der Waals surface area (Å²) in [5.74, 6) is -1.24. The van der Waals surface area contributed by atoms with E-state index in [1.54, 1.807) is 6.07 Å². The van der Waals surface area contributed by atoms with Crippen molar-refractivity contribution in [2.24, 2.45) is 0 Å². The van der Waals surface area contributed by atoms with Crippen molar-refractivity contribution in [1.82, 2.24) is 0 Å². The topological polar surface area (TPSA) is 63.6 Å². The van der Waals surface area contributed by atoms with Crippen LogP contribution in [-0.2, 0) is 14.9 Å². The number of thiophene rings is 1. The van der Waals surface area contributed by atoms with Crippen molar-refractivity contribution in [3.63, 3.8) is 0 Å². The number of hydrogen-bond acceptors (Lipinski definition) is 4. The van der Waals surface area contributed by atoms with Crippen LogP contribution < -0.4 is 0 Å². The van der Waals surface area contributed by atoms with Crippen molar-refractivity contribution >= 4 is 23.1 Å². The summed E-state index contributed by atoms with van der Waals surface area (Å²) in [5.41, 5.74) is 0.0190. The minimum Gasteiger partial charge on any atom is -0.480 e. The number of Topliss-reactive ketones (excluding diaryl/α,β-unsaturated/α-hetero) is 1. The first-order valence-electron chi connectivity index (χ1n) is 5.24. The Hall–Kier alpha value is -1.20. The molecule has 0 aliphatic carbocycles. The lowest BCUT2D eigenvalue weighted by Gasteiger charge is -2.15. The SMILES string of the molecule is CC(C)(C)c1ccc(C(=O)COCC(=O)O)s1. The number of aliphatic carboxylic acids is 1. The Morgan fingerprint density at radius 1 is 1.29 bits per heavy atom. The van der Waals surface area contributed by atoms with Crippen LogP contribution >= 0.6 is 11.3 Å². The summed E-state index contributed by atoms with van der Waals surface area (Å²) in [7, 11) is 0. The quantitative estimate of drug-likeness (QED) is 0.821. The van der Waals surface area contributed by atoms with Crippen LogP contribution in [0, 0.1) is 0 Å². The molecule has 0 saturated heterocycles. The van der Waals surface area contributed by atoms with Crippen LogP contribution in [-0.4, -0.2) is 30.1 Å². The second kappa shape index (κ2) is 5.42. The Kier molecular flexibility index (Phi) is 4.42. The van der Waals surface area contributed by atoms with Gasteiger partial charge in [-0.25, -0.2) is 4.79 Å². The largest absolute Gasteiger partial charge is 0.480 e. The van der Waals surface area contributed by atoms with Crippen LogP contribution in [0.25, 0.3) is 0 Å². The average molecular weight is 256 g/mol. The Morgan fingerprint density at radius 2 is 1.94 bits per heavy atom. The maximum atomic E-state index is 11.7. The van der Waals surface area contributed by atoms with Gasteiger partial charge in [0.15, 0.2) is 5.78 Å². The molecule has 0 spiro atoms. The molecule has 0 atom stereocenters. The van der Waals surface area contributed by atoms with Gasteiger partial charge in [-0.2, -0.15) is 0 Å². The maximum absolute atomic E-state index is 11.7. The molecule has 1 rings (SSSR count). The molecule has 94 valence electrons. The highest BCUT2D eigenvalue weighted by molar-refractivity contribution is 7.14. The van der Waals surface area contributed by atoms with E-state index in [0.717, 1.165) is 4.88 Å². The number of carbonyl (C=O) groups is 2. The summed E-state index contributed by atoms with van der Waals surface area (Å²) >= 11 is 1.43. The summed E-state index contributed by atoms with van der Waals surface area (Å²) in [6.45, 7) is 5.61. The van der Waals surface area contributed by atoms with Gasteiger partial charge in [0.2, 0.25) is 0 Å². The number of carboxylic acids is 1. The van der Waals surface area contributed by atoms with E-state index in [0.29, 0.717) is 4.88 Å². The van der Waals surface area contributed by atoms with E-state index >= 15 is 0 Å². The molecule has 1 aromatic heterocycles. The minimum atomic E-state index is -1.07. The van der Waals surface area contributed by atoms with E-state index in [1.165, 1.54) is 11.3 Å². The highest BCUT2D eigenvalue weighted by atomic mass is 32.1. The van der Waals surface area contributed by atoms with Gasteiger partial charge in [0.05, 0.1) is 4.88 Å². The predicted octanol–water partition coefficient (Wildman–Crippen LogP) is 2.33. The second-order valence-electron chi connectivity index (χ2n) is 4.72. The molecule has 0 aliphatic rings. The van der Waals surface area contributed by atoms with Crippen LogP contribution in [0.3, 0.4) is 0 Å². The first-order chi connectivity index (χ1) is 7.80. The highest BCUT2D eigenvalue weighted by Gasteiger charge is 2.18. The van der Waals surface area contributed by atoms with Gasteiger partial charge < -0.3 is 9.84 Å². The van der Waals surface area contributed by atoms with Gasteiger partial charge in [-0.15, -0.1) is 11.3 Å². The lowest BCUT2D eigenvalue weighted by atomic mass is 9.95. The monoisotopic (exact) mass is 256 g/mol. The van der Waals surface area contributed by atoms with Crippen LogP contribution in [0.2, 0.25) is 0 Å². The first kappa shape index (κ1) is 13.9. The fraction of sp³-hybridized carbons (Fsp3) is 0.500. The molecule has 1 aromatic rings. The number of carboxylic acid groups (broad SMARTS) is 1. The van der Waals surface area contributed by atoms with E-state index in [-0.39, 0.29) is 17.8 Å². The number of carbonyl (C=O) groups excluding carboxylic acids is 1. The van der Waals surface area contributed by atoms with Crippen LogP contribution in [0.1, 0.15) is 35.3 Å². The zero-order chi connectivity index (χ0) is 13.1. The number of hydrogen-bond donors (Lipinski definition) is 1. The predicted molar refractivity (Wildman–Crippen MR) is 65.8 cm³/mol. The third-order valence-corrected chi connectivity index (χ3v) is 3.63. The van der Waals surface area contributed by atoms with Crippen LogP contribution in [0.5, 0.6) is 0 Å². The molecular weight excluding hydrogens is 240 g/mol.